The van der Waals surface area contributed by atoms with E-state index in [0.717, 1.165) is 56.9 Å². The summed E-state index contributed by atoms with van der Waals surface area (Å²) in [4.78, 5) is 23.7. The normalized spacial score (nSPS) is 10.1. The second-order valence-corrected chi connectivity index (χ2v) is 6.83. The number of allylic oxidation sites excluding steroid dienone is 2. The zero-order chi connectivity index (χ0) is 21.3. The van der Waals surface area contributed by atoms with Gasteiger partial charge < -0.3 is 9.47 Å². The average molecular weight is 403 g/mol. The Hall–Kier alpha value is -2.76. The topological polar surface area (TPSA) is 76.7 Å². The molecule has 0 radical (unpaired) electrons. The molecule has 0 atom stereocenters. The highest BCUT2D eigenvalue weighted by atomic mass is 16.6. The van der Waals surface area contributed by atoms with E-state index in [-0.39, 0.29) is 0 Å². The summed E-state index contributed by atoms with van der Waals surface area (Å²) in [5.74, 6) is 0. The van der Waals surface area contributed by atoms with Gasteiger partial charge in [0, 0.05) is 11.4 Å². The van der Waals surface area contributed by atoms with Crippen LogP contribution in [0.4, 0.5) is 21.0 Å². The summed E-state index contributed by atoms with van der Waals surface area (Å²) in [5.41, 5.74) is 2.07. The minimum Gasteiger partial charge on any atom is -0.449 e. The molecular weight excluding hydrogens is 368 g/mol. The van der Waals surface area contributed by atoms with E-state index in [9.17, 15) is 9.59 Å². The number of nitrogens with one attached hydrogen (secondary N) is 2. The lowest BCUT2D eigenvalue weighted by Gasteiger charge is -2.12. The van der Waals surface area contributed by atoms with Gasteiger partial charge in [-0.25, -0.2) is 9.59 Å². The third kappa shape index (κ3) is 11.6. The van der Waals surface area contributed by atoms with Crippen LogP contribution in [-0.2, 0) is 9.47 Å². The lowest BCUT2D eigenvalue weighted by atomic mass is 10.2. The Morgan fingerprint density at radius 2 is 1.41 bits per heavy atom. The monoisotopic (exact) mass is 402 g/mol. The molecule has 0 fully saturated rings. The quantitative estimate of drug-likeness (QED) is 0.272. The van der Waals surface area contributed by atoms with Gasteiger partial charge in [0.05, 0.1) is 13.2 Å². The van der Waals surface area contributed by atoms with Crippen LogP contribution in [0.3, 0.4) is 0 Å². The van der Waals surface area contributed by atoms with Gasteiger partial charge in [0.2, 0.25) is 0 Å². The molecule has 0 unspecified atom stereocenters. The second-order valence-electron chi connectivity index (χ2n) is 6.83. The molecule has 0 saturated heterocycles. The maximum atomic E-state index is 11.9. The maximum Gasteiger partial charge on any atom is 0.411 e. The van der Waals surface area contributed by atoms with Crippen molar-refractivity contribution in [2.45, 2.75) is 58.3 Å². The first kappa shape index (κ1) is 24.3. The van der Waals surface area contributed by atoms with Gasteiger partial charge in [0.15, 0.2) is 0 Å². The number of aryl methyl sites for hydroxylation is 1. The van der Waals surface area contributed by atoms with E-state index < -0.39 is 12.2 Å². The Morgan fingerprint density at radius 3 is 1.93 bits per heavy atom. The SMILES string of the molecule is C=CCCCCCOC(=O)Nc1ccc(NC(=O)OCCCCCC=C)c(C)c1. The fourth-order valence-electron chi connectivity index (χ4n) is 2.65. The molecule has 0 spiro atoms. The van der Waals surface area contributed by atoms with Crippen LogP contribution in [0, 0.1) is 6.92 Å². The summed E-state index contributed by atoms with van der Waals surface area (Å²) in [7, 11) is 0. The minimum absolute atomic E-state index is 0.390. The van der Waals surface area contributed by atoms with Crippen molar-refractivity contribution in [3.05, 3.63) is 49.1 Å². The number of carbonyl (C=O) groups is 2. The predicted molar refractivity (Wildman–Crippen MR) is 118 cm³/mol. The van der Waals surface area contributed by atoms with Crippen LogP contribution in [0.5, 0.6) is 0 Å². The number of ether oxygens (including phenoxy) is 2. The number of hydrogen-bond donors (Lipinski definition) is 2. The van der Waals surface area contributed by atoms with E-state index in [4.69, 9.17) is 9.47 Å². The van der Waals surface area contributed by atoms with Gasteiger partial charge in [-0.3, -0.25) is 10.6 Å². The van der Waals surface area contributed by atoms with E-state index >= 15 is 0 Å². The van der Waals surface area contributed by atoms with Gasteiger partial charge in [-0.2, -0.15) is 0 Å². The molecule has 2 amide bonds. The van der Waals surface area contributed by atoms with Crippen molar-refractivity contribution in [2.24, 2.45) is 0 Å². The van der Waals surface area contributed by atoms with Crippen LogP contribution in [0.1, 0.15) is 56.9 Å². The van der Waals surface area contributed by atoms with Crippen molar-refractivity contribution in [2.75, 3.05) is 23.8 Å². The van der Waals surface area contributed by atoms with Crippen LogP contribution >= 0.6 is 0 Å². The Bertz CT molecular complexity index is 658. The summed E-state index contributed by atoms with van der Waals surface area (Å²) < 4.78 is 10.4. The van der Waals surface area contributed by atoms with E-state index in [1.165, 1.54) is 0 Å². The Morgan fingerprint density at radius 1 is 0.862 bits per heavy atom. The Balaban J connectivity index is 2.31. The van der Waals surface area contributed by atoms with Crippen LogP contribution in [0.15, 0.2) is 43.5 Å². The summed E-state index contributed by atoms with van der Waals surface area (Å²) in [6.45, 7) is 9.99. The lowest BCUT2D eigenvalue weighted by Crippen LogP contribution is -2.16. The summed E-state index contributed by atoms with van der Waals surface area (Å²) in [6.07, 6.45) is 10.6. The van der Waals surface area contributed by atoms with E-state index in [2.05, 4.69) is 23.8 Å². The van der Waals surface area contributed by atoms with Crippen molar-refractivity contribution in [1.82, 2.24) is 0 Å². The summed E-state index contributed by atoms with van der Waals surface area (Å²) in [5, 5.41) is 5.42. The van der Waals surface area contributed by atoms with Crippen molar-refractivity contribution >= 4 is 23.6 Å². The third-order valence-electron chi connectivity index (χ3n) is 4.28. The molecule has 0 aliphatic heterocycles. The van der Waals surface area contributed by atoms with Crippen molar-refractivity contribution in [3.63, 3.8) is 0 Å². The second kappa shape index (κ2) is 15.2. The molecule has 2 N–H and O–H groups in total. The number of rotatable bonds is 14. The fourth-order valence-corrected chi connectivity index (χ4v) is 2.65. The number of amides is 2. The molecule has 1 rings (SSSR count). The van der Waals surface area contributed by atoms with E-state index in [1.807, 2.05) is 19.1 Å². The van der Waals surface area contributed by atoms with Crippen LogP contribution in [0.2, 0.25) is 0 Å². The number of benzene rings is 1. The van der Waals surface area contributed by atoms with Gasteiger partial charge in [-0.1, -0.05) is 12.2 Å². The Kier molecular flexibility index (Phi) is 12.7. The van der Waals surface area contributed by atoms with Gasteiger partial charge in [0.1, 0.15) is 0 Å². The lowest BCUT2D eigenvalue weighted by molar-refractivity contribution is 0.158. The average Bonchev–Trinajstić information content (AvgIpc) is 2.69. The number of carbonyl (C=O) groups excluding carboxylic acids is 2. The first-order valence-corrected chi connectivity index (χ1v) is 10.3. The van der Waals surface area contributed by atoms with E-state index in [0.29, 0.717) is 24.6 Å². The molecule has 1 aromatic rings. The molecule has 1 aromatic carbocycles. The minimum atomic E-state index is -0.482. The molecule has 6 nitrogen and oxygen atoms in total. The number of anilines is 2. The summed E-state index contributed by atoms with van der Waals surface area (Å²) >= 11 is 0. The molecular formula is C23H34N2O4. The first-order chi connectivity index (χ1) is 14.1. The smallest absolute Gasteiger partial charge is 0.411 e. The largest absolute Gasteiger partial charge is 0.449 e. The molecule has 0 aromatic heterocycles. The third-order valence-corrected chi connectivity index (χ3v) is 4.28. The van der Waals surface area contributed by atoms with Gasteiger partial charge in [-0.15, -0.1) is 13.2 Å². The molecule has 0 bridgehead atoms. The van der Waals surface area contributed by atoms with Gasteiger partial charge in [-0.05, 0) is 82.1 Å². The number of unbranched alkanes of at least 4 members (excludes halogenated alkanes) is 6. The van der Waals surface area contributed by atoms with Crippen LogP contribution < -0.4 is 10.6 Å². The number of hydrogen-bond acceptors (Lipinski definition) is 4. The zero-order valence-corrected chi connectivity index (χ0v) is 17.5. The molecule has 0 saturated carbocycles. The molecule has 0 heterocycles. The fraction of sp³-hybridized carbons (Fsp3) is 0.478. The van der Waals surface area contributed by atoms with Crippen molar-refractivity contribution in [3.8, 4) is 0 Å². The highest BCUT2D eigenvalue weighted by Crippen LogP contribution is 2.20. The van der Waals surface area contributed by atoms with E-state index in [1.54, 1.807) is 18.2 Å². The zero-order valence-electron chi connectivity index (χ0n) is 17.5. The molecule has 6 heteroatoms. The Labute approximate surface area is 174 Å². The van der Waals surface area contributed by atoms with Crippen LogP contribution in [0.25, 0.3) is 0 Å². The standard InChI is InChI=1S/C23H34N2O4/c1-4-6-8-10-12-16-28-22(26)24-20-14-15-21(19(3)18-20)25-23(27)29-17-13-11-9-7-5-2/h4-5,14-15,18H,1-2,6-13,16-17H2,3H3,(H,24,26)(H,25,27). The van der Waals surface area contributed by atoms with Gasteiger partial charge in [0.25, 0.3) is 0 Å². The first-order valence-electron chi connectivity index (χ1n) is 10.3. The summed E-state index contributed by atoms with van der Waals surface area (Å²) in [6, 6.07) is 5.21. The predicted octanol–water partition coefficient (Wildman–Crippen LogP) is 6.58. The van der Waals surface area contributed by atoms with Gasteiger partial charge >= 0.3 is 12.2 Å². The molecule has 160 valence electrons. The molecule has 0 aliphatic rings. The molecule has 0 aliphatic carbocycles. The van der Waals surface area contributed by atoms with Crippen molar-refractivity contribution in [1.29, 1.82) is 0 Å². The van der Waals surface area contributed by atoms with Crippen molar-refractivity contribution < 1.29 is 19.1 Å². The molecule has 29 heavy (non-hydrogen) atoms. The highest BCUT2D eigenvalue weighted by molar-refractivity contribution is 5.88. The highest BCUT2D eigenvalue weighted by Gasteiger charge is 2.08. The van der Waals surface area contributed by atoms with Crippen LogP contribution in [-0.4, -0.2) is 25.4 Å². The maximum absolute atomic E-state index is 11.9.